The Morgan fingerprint density at radius 2 is 2.48 bits per heavy atom. The first-order chi connectivity index (χ1) is 10.2. The van der Waals surface area contributed by atoms with E-state index in [-0.39, 0.29) is 12.0 Å². The summed E-state index contributed by atoms with van der Waals surface area (Å²) in [5.41, 5.74) is 0.871. The molecule has 1 N–H and O–H groups in total. The van der Waals surface area contributed by atoms with E-state index < -0.39 is 0 Å². The van der Waals surface area contributed by atoms with Crippen molar-refractivity contribution in [3.8, 4) is 5.75 Å². The number of methoxy groups -OCH3 is 1. The van der Waals surface area contributed by atoms with Crippen molar-refractivity contribution in [1.29, 1.82) is 0 Å². The third-order valence-corrected chi connectivity index (χ3v) is 4.49. The smallest absolute Gasteiger partial charge is 0.226 e. The summed E-state index contributed by atoms with van der Waals surface area (Å²) < 4.78 is 11.7. The predicted molar refractivity (Wildman–Crippen MR) is 83.0 cm³/mol. The van der Waals surface area contributed by atoms with Gasteiger partial charge in [0.25, 0.3) is 0 Å². The maximum Gasteiger partial charge on any atom is 0.226 e. The average molecular weight is 306 g/mol. The van der Waals surface area contributed by atoms with Gasteiger partial charge in [0.1, 0.15) is 5.75 Å². The molecule has 1 aromatic heterocycles. The van der Waals surface area contributed by atoms with Gasteiger partial charge >= 0.3 is 0 Å². The Morgan fingerprint density at radius 3 is 3.24 bits per heavy atom. The van der Waals surface area contributed by atoms with Crippen LogP contribution in [0.15, 0.2) is 18.2 Å². The van der Waals surface area contributed by atoms with Crippen LogP contribution in [0.4, 0.5) is 5.13 Å². The van der Waals surface area contributed by atoms with Crippen LogP contribution in [0.25, 0.3) is 10.2 Å². The molecule has 112 valence electrons. The first kappa shape index (κ1) is 14.3. The molecule has 1 amide bonds. The quantitative estimate of drug-likeness (QED) is 0.921. The first-order valence-corrected chi connectivity index (χ1v) is 7.92. The number of anilines is 1. The van der Waals surface area contributed by atoms with Crippen molar-refractivity contribution < 1.29 is 14.3 Å². The van der Waals surface area contributed by atoms with Gasteiger partial charge in [0.15, 0.2) is 5.13 Å². The fourth-order valence-electron chi connectivity index (χ4n) is 2.43. The van der Waals surface area contributed by atoms with Crippen LogP contribution < -0.4 is 10.1 Å². The number of hydrogen-bond acceptors (Lipinski definition) is 5. The number of rotatable bonds is 5. The Morgan fingerprint density at radius 1 is 1.57 bits per heavy atom. The number of carbonyl (C=O) groups is 1. The molecular formula is C15H18N2O3S. The maximum atomic E-state index is 11.9. The van der Waals surface area contributed by atoms with Crippen molar-refractivity contribution in [2.75, 3.05) is 19.0 Å². The normalized spacial score (nSPS) is 18.0. The third kappa shape index (κ3) is 3.51. The predicted octanol–water partition coefficient (Wildman–Crippen LogP) is 3.20. The molecule has 1 aliphatic heterocycles. The number of amides is 1. The number of fused-ring (bicyclic) bond motifs is 1. The third-order valence-electron chi connectivity index (χ3n) is 3.56. The minimum Gasteiger partial charge on any atom is -0.497 e. The van der Waals surface area contributed by atoms with E-state index >= 15 is 0 Å². The summed E-state index contributed by atoms with van der Waals surface area (Å²) in [5.74, 6) is 0.791. The molecule has 3 rings (SSSR count). The molecule has 2 aromatic rings. The lowest BCUT2D eigenvalue weighted by Gasteiger charge is -2.07. The van der Waals surface area contributed by atoms with Gasteiger partial charge in [0.05, 0.1) is 23.4 Å². The summed E-state index contributed by atoms with van der Waals surface area (Å²) >= 11 is 1.46. The number of nitrogens with zero attached hydrogens (tertiary/aromatic N) is 1. The number of carbonyl (C=O) groups excluding carboxylic acids is 1. The van der Waals surface area contributed by atoms with E-state index in [9.17, 15) is 4.79 Å². The minimum atomic E-state index is -0.00322. The molecule has 0 unspecified atom stereocenters. The van der Waals surface area contributed by atoms with Crippen LogP contribution in [0, 0.1) is 0 Å². The Kier molecular flexibility index (Phi) is 4.36. The monoisotopic (exact) mass is 306 g/mol. The zero-order valence-electron chi connectivity index (χ0n) is 11.9. The van der Waals surface area contributed by atoms with Crippen LogP contribution in [-0.4, -0.2) is 30.7 Å². The van der Waals surface area contributed by atoms with Crippen molar-refractivity contribution >= 4 is 32.6 Å². The number of aromatic nitrogens is 1. The molecule has 0 aliphatic carbocycles. The van der Waals surface area contributed by atoms with Crippen molar-refractivity contribution in [2.45, 2.75) is 31.8 Å². The van der Waals surface area contributed by atoms with Crippen LogP contribution in [0.5, 0.6) is 5.75 Å². The highest BCUT2D eigenvalue weighted by atomic mass is 32.1. The van der Waals surface area contributed by atoms with Crippen LogP contribution in [0.2, 0.25) is 0 Å². The van der Waals surface area contributed by atoms with Crippen molar-refractivity contribution in [3.05, 3.63) is 18.2 Å². The van der Waals surface area contributed by atoms with E-state index in [2.05, 4.69) is 10.3 Å². The van der Waals surface area contributed by atoms with Gasteiger partial charge in [-0.2, -0.15) is 0 Å². The van der Waals surface area contributed by atoms with Gasteiger partial charge in [0, 0.05) is 13.0 Å². The molecule has 1 atom stereocenters. The molecule has 2 heterocycles. The molecule has 0 spiro atoms. The minimum absolute atomic E-state index is 0.00322. The van der Waals surface area contributed by atoms with Crippen molar-refractivity contribution in [1.82, 2.24) is 4.98 Å². The SMILES string of the molecule is COc1ccc2nc(NC(=O)CC[C@H]3CCCO3)sc2c1. The van der Waals surface area contributed by atoms with E-state index in [0.29, 0.717) is 11.6 Å². The average Bonchev–Trinajstić information content (AvgIpc) is 3.13. The number of ether oxygens (including phenoxy) is 2. The second-order valence-corrected chi connectivity index (χ2v) is 6.11. The molecule has 0 radical (unpaired) electrons. The van der Waals surface area contributed by atoms with Crippen LogP contribution in [0.1, 0.15) is 25.7 Å². The van der Waals surface area contributed by atoms with E-state index in [1.807, 2.05) is 18.2 Å². The number of hydrogen-bond donors (Lipinski definition) is 1. The highest BCUT2D eigenvalue weighted by Gasteiger charge is 2.17. The lowest BCUT2D eigenvalue weighted by atomic mass is 10.1. The zero-order valence-corrected chi connectivity index (χ0v) is 12.7. The summed E-state index contributed by atoms with van der Waals surface area (Å²) in [7, 11) is 1.63. The highest BCUT2D eigenvalue weighted by Crippen LogP contribution is 2.29. The van der Waals surface area contributed by atoms with Crippen LogP contribution in [0.3, 0.4) is 0 Å². The molecule has 1 fully saturated rings. The maximum absolute atomic E-state index is 11.9. The summed E-state index contributed by atoms with van der Waals surface area (Å²) in [5, 5.41) is 3.50. The van der Waals surface area contributed by atoms with Gasteiger partial charge in [0.2, 0.25) is 5.91 Å². The lowest BCUT2D eigenvalue weighted by Crippen LogP contribution is -2.15. The zero-order chi connectivity index (χ0) is 14.7. The molecule has 1 aromatic carbocycles. The van der Waals surface area contributed by atoms with E-state index in [0.717, 1.165) is 41.8 Å². The first-order valence-electron chi connectivity index (χ1n) is 7.10. The molecule has 0 saturated carbocycles. The van der Waals surface area contributed by atoms with Crippen LogP contribution in [-0.2, 0) is 9.53 Å². The van der Waals surface area contributed by atoms with Gasteiger partial charge in [-0.25, -0.2) is 4.98 Å². The molecule has 1 aliphatic rings. The van der Waals surface area contributed by atoms with Crippen LogP contribution >= 0.6 is 11.3 Å². The Balaban J connectivity index is 1.59. The Bertz CT molecular complexity index is 635. The molecular weight excluding hydrogens is 288 g/mol. The Labute approximate surface area is 127 Å². The molecule has 6 heteroatoms. The summed E-state index contributed by atoms with van der Waals surface area (Å²) in [6.45, 7) is 0.825. The number of nitrogens with one attached hydrogen (secondary N) is 1. The Hall–Kier alpha value is -1.66. The summed E-state index contributed by atoms with van der Waals surface area (Å²) in [6, 6.07) is 5.69. The second kappa shape index (κ2) is 6.41. The number of thiazole rings is 1. The fraction of sp³-hybridized carbons (Fsp3) is 0.467. The topological polar surface area (TPSA) is 60.5 Å². The molecule has 21 heavy (non-hydrogen) atoms. The summed E-state index contributed by atoms with van der Waals surface area (Å²) in [6.07, 6.45) is 3.67. The van der Waals surface area contributed by atoms with Gasteiger partial charge in [-0.3, -0.25) is 4.79 Å². The lowest BCUT2D eigenvalue weighted by molar-refractivity contribution is -0.116. The highest BCUT2D eigenvalue weighted by molar-refractivity contribution is 7.22. The fourth-order valence-corrected chi connectivity index (χ4v) is 3.34. The number of benzene rings is 1. The van der Waals surface area contributed by atoms with Crippen molar-refractivity contribution in [2.24, 2.45) is 0 Å². The van der Waals surface area contributed by atoms with Gasteiger partial charge in [-0.15, -0.1) is 0 Å². The molecule has 0 bridgehead atoms. The largest absolute Gasteiger partial charge is 0.497 e. The standard InChI is InChI=1S/C15H18N2O3S/c1-19-11-4-6-12-13(9-11)21-15(16-12)17-14(18)7-5-10-3-2-8-20-10/h4,6,9-10H,2-3,5,7-8H2,1H3,(H,16,17,18)/t10-/m1/s1. The molecule has 5 nitrogen and oxygen atoms in total. The van der Waals surface area contributed by atoms with Gasteiger partial charge in [-0.05, 0) is 37.5 Å². The second-order valence-electron chi connectivity index (χ2n) is 5.07. The molecule has 1 saturated heterocycles. The summed E-state index contributed by atoms with van der Waals surface area (Å²) in [4.78, 5) is 16.4. The van der Waals surface area contributed by atoms with E-state index in [1.165, 1.54) is 11.3 Å². The van der Waals surface area contributed by atoms with Gasteiger partial charge in [-0.1, -0.05) is 11.3 Å². The van der Waals surface area contributed by atoms with E-state index in [4.69, 9.17) is 9.47 Å². The van der Waals surface area contributed by atoms with Gasteiger partial charge < -0.3 is 14.8 Å². The van der Waals surface area contributed by atoms with E-state index in [1.54, 1.807) is 7.11 Å². The van der Waals surface area contributed by atoms with Crippen molar-refractivity contribution in [3.63, 3.8) is 0 Å².